The van der Waals surface area contributed by atoms with Crippen LogP contribution in [0.25, 0.3) is 0 Å². The zero-order valence-electron chi connectivity index (χ0n) is 11.5. The van der Waals surface area contributed by atoms with Crippen LogP contribution in [0.5, 0.6) is 0 Å². The Bertz CT molecular complexity index is 410. The third kappa shape index (κ3) is 3.33. The Balaban J connectivity index is 1.53. The van der Waals surface area contributed by atoms with E-state index >= 15 is 0 Å². The molecule has 0 radical (unpaired) electrons. The van der Waals surface area contributed by atoms with Crippen molar-refractivity contribution in [3.05, 3.63) is 17.5 Å². The van der Waals surface area contributed by atoms with E-state index in [1.165, 1.54) is 24.3 Å². The molecule has 3 rings (SSSR count). The van der Waals surface area contributed by atoms with Crippen molar-refractivity contribution >= 4 is 11.8 Å². The van der Waals surface area contributed by atoms with Crippen LogP contribution in [0.2, 0.25) is 0 Å². The van der Waals surface area contributed by atoms with Crippen LogP contribution < -0.4 is 5.32 Å². The standard InChI is InChI=1S/C14H22N2O2S/c1-11-8-13(16-18-11)10-15-12-2-5-17-14(9-12)3-6-19-7-4-14/h8,12,15H,2-7,9-10H2,1H3. The van der Waals surface area contributed by atoms with Crippen molar-refractivity contribution in [3.63, 3.8) is 0 Å². The number of hydrogen-bond acceptors (Lipinski definition) is 5. The molecule has 2 fully saturated rings. The van der Waals surface area contributed by atoms with Crippen molar-refractivity contribution in [2.24, 2.45) is 0 Å². The quantitative estimate of drug-likeness (QED) is 0.923. The molecule has 19 heavy (non-hydrogen) atoms. The number of aromatic nitrogens is 1. The molecule has 1 unspecified atom stereocenters. The minimum atomic E-state index is 0.154. The first kappa shape index (κ1) is 13.5. The zero-order chi connectivity index (χ0) is 13.1. The molecule has 1 aromatic rings. The number of hydrogen-bond donors (Lipinski definition) is 1. The molecule has 5 heteroatoms. The molecule has 4 nitrogen and oxygen atoms in total. The summed E-state index contributed by atoms with van der Waals surface area (Å²) in [6.07, 6.45) is 4.66. The number of aryl methyl sites for hydroxylation is 1. The molecule has 2 aliphatic rings. The van der Waals surface area contributed by atoms with Crippen molar-refractivity contribution < 1.29 is 9.26 Å². The molecule has 0 aliphatic carbocycles. The molecule has 0 amide bonds. The fourth-order valence-corrected chi connectivity index (χ4v) is 4.28. The van der Waals surface area contributed by atoms with E-state index in [1.54, 1.807) is 0 Å². The SMILES string of the molecule is Cc1cc(CNC2CCOC3(CCSCC3)C2)no1. The van der Waals surface area contributed by atoms with Crippen LogP contribution in [0.4, 0.5) is 0 Å². The third-order valence-corrected chi connectivity index (χ3v) is 5.13. The minimum absolute atomic E-state index is 0.154. The Kier molecular flexibility index (Phi) is 4.15. The number of ether oxygens (including phenoxy) is 1. The van der Waals surface area contributed by atoms with Gasteiger partial charge >= 0.3 is 0 Å². The maximum Gasteiger partial charge on any atom is 0.133 e. The smallest absolute Gasteiger partial charge is 0.133 e. The maximum absolute atomic E-state index is 6.11. The summed E-state index contributed by atoms with van der Waals surface area (Å²) in [7, 11) is 0. The van der Waals surface area contributed by atoms with Gasteiger partial charge in [0.05, 0.1) is 11.3 Å². The topological polar surface area (TPSA) is 47.3 Å². The fraction of sp³-hybridized carbons (Fsp3) is 0.786. The van der Waals surface area contributed by atoms with E-state index in [1.807, 2.05) is 13.0 Å². The van der Waals surface area contributed by atoms with Gasteiger partial charge in [0.1, 0.15) is 5.76 Å². The van der Waals surface area contributed by atoms with Crippen molar-refractivity contribution in [1.29, 1.82) is 0 Å². The average Bonchev–Trinajstić information content (AvgIpc) is 2.83. The summed E-state index contributed by atoms with van der Waals surface area (Å²) in [4.78, 5) is 0. The summed E-state index contributed by atoms with van der Waals surface area (Å²) >= 11 is 2.05. The van der Waals surface area contributed by atoms with Gasteiger partial charge in [0.25, 0.3) is 0 Å². The lowest BCUT2D eigenvalue weighted by Crippen LogP contribution is -2.48. The van der Waals surface area contributed by atoms with Crippen molar-refractivity contribution in [1.82, 2.24) is 10.5 Å². The van der Waals surface area contributed by atoms with Crippen LogP contribution in [-0.2, 0) is 11.3 Å². The highest BCUT2D eigenvalue weighted by molar-refractivity contribution is 7.99. The molecular formula is C14H22N2O2S. The van der Waals surface area contributed by atoms with Gasteiger partial charge < -0.3 is 14.6 Å². The van der Waals surface area contributed by atoms with E-state index in [0.717, 1.165) is 37.4 Å². The molecule has 0 bridgehead atoms. The van der Waals surface area contributed by atoms with Crippen LogP contribution >= 0.6 is 11.8 Å². The highest BCUT2D eigenvalue weighted by atomic mass is 32.2. The van der Waals surface area contributed by atoms with E-state index < -0.39 is 0 Å². The Hall–Kier alpha value is -0.520. The fourth-order valence-electron chi connectivity index (χ4n) is 3.04. The van der Waals surface area contributed by atoms with Crippen molar-refractivity contribution in [2.75, 3.05) is 18.1 Å². The van der Waals surface area contributed by atoms with Gasteiger partial charge in [0.2, 0.25) is 0 Å². The van der Waals surface area contributed by atoms with Crippen molar-refractivity contribution in [3.8, 4) is 0 Å². The van der Waals surface area contributed by atoms with Gasteiger partial charge in [-0.3, -0.25) is 0 Å². The summed E-state index contributed by atoms with van der Waals surface area (Å²) in [5.74, 6) is 3.37. The van der Waals surface area contributed by atoms with Crippen LogP contribution in [0.15, 0.2) is 10.6 Å². The first-order valence-corrected chi connectivity index (χ1v) is 8.29. The summed E-state index contributed by atoms with van der Waals surface area (Å²) in [5.41, 5.74) is 1.15. The highest BCUT2D eigenvalue weighted by Gasteiger charge is 2.38. The van der Waals surface area contributed by atoms with Crippen molar-refractivity contribution in [2.45, 2.75) is 50.8 Å². The predicted molar refractivity (Wildman–Crippen MR) is 76.3 cm³/mol. The van der Waals surface area contributed by atoms with Gasteiger partial charge in [-0.2, -0.15) is 11.8 Å². The van der Waals surface area contributed by atoms with Gasteiger partial charge in [-0.05, 0) is 44.1 Å². The Morgan fingerprint density at radius 1 is 1.47 bits per heavy atom. The molecule has 1 aromatic heterocycles. The lowest BCUT2D eigenvalue weighted by atomic mass is 9.85. The van der Waals surface area contributed by atoms with Crippen LogP contribution in [0.3, 0.4) is 0 Å². The van der Waals surface area contributed by atoms with E-state index in [0.29, 0.717) is 6.04 Å². The van der Waals surface area contributed by atoms with Gasteiger partial charge in [-0.15, -0.1) is 0 Å². The number of rotatable bonds is 3. The maximum atomic E-state index is 6.11. The van der Waals surface area contributed by atoms with Gasteiger partial charge in [0.15, 0.2) is 0 Å². The summed E-state index contributed by atoms with van der Waals surface area (Å²) in [5, 5.41) is 7.65. The lowest BCUT2D eigenvalue weighted by Gasteiger charge is -2.43. The molecule has 106 valence electrons. The molecule has 0 aromatic carbocycles. The third-order valence-electron chi connectivity index (χ3n) is 4.15. The summed E-state index contributed by atoms with van der Waals surface area (Å²) < 4.78 is 11.2. The Labute approximate surface area is 118 Å². The molecule has 2 aliphatic heterocycles. The Morgan fingerprint density at radius 3 is 3.05 bits per heavy atom. The molecule has 1 N–H and O–H groups in total. The van der Waals surface area contributed by atoms with E-state index in [2.05, 4.69) is 22.2 Å². The highest BCUT2D eigenvalue weighted by Crippen LogP contribution is 2.37. The van der Waals surface area contributed by atoms with Gasteiger partial charge in [0, 0.05) is 25.3 Å². The summed E-state index contributed by atoms with van der Waals surface area (Å²) in [6, 6.07) is 2.55. The van der Waals surface area contributed by atoms with E-state index in [9.17, 15) is 0 Å². The number of thioether (sulfide) groups is 1. The second-order valence-corrected chi connectivity index (χ2v) is 6.87. The van der Waals surface area contributed by atoms with E-state index in [4.69, 9.17) is 9.26 Å². The molecule has 2 saturated heterocycles. The molecule has 1 spiro atoms. The lowest BCUT2D eigenvalue weighted by molar-refractivity contribution is -0.0933. The first-order chi connectivity index (χ1) is 9.26. The van der Waals surface area contributed by atoms with Crippen LogP contribution in [-0.4, -0.2) is 34.9 Å². The second-order valence-electron chi connectivity index (χ2n) is 5.64. The van der Waals surface area contributed by atoms with Crippen LogP contribution in [0, 0.1) is 6.92 Å². The molecule has 1 atom stereocenters. The first-order valence-electron chi connectivity index (χ1n) is 7.13. The van der Waals surface area contributed by atoms with Crippen LogP contribution in [0.1, 0.15) is 37.1 Å². The van der Waals surface area contributed by atoms with Gasteiger partial charge in [-0.25, -0.2) is 0 Å². The summed E-state index contributed by atoms with van der Waals surface area (Å²) in [6.45, 7) is 3.62. The molecule has 0 saturated carbocycles. The number of nitrogens with zero attached hydrogens (tertiary/aromatic N) is 1. The van der Waals surface area contributed by atoms with E-state index in [-0.39, 0.29) is 5.60 Å². The minimum Gasteiger partial charge on any atom is -0.375 e. The molecule has 3 heterocycles. The van der Waals surface area contributed by atoms with Gasteiger partial charge in [-0.1, -0.05) is 5.16 Å². The largest absolute Gasteiger partial charge is 0.375 e. The normalized spacial score (nSPS) is 26.7. The number of nitrogens with one attached hydrogen (secondary N) is 1. The predicted octanol–water partition coefficient (Wildman–Crippen LogP) is 2.52. The Morgan fingerprint density at radius 2 is 2.32 bits per heavy atom. The second kappa shape index (κ2) is 5.85. The molecular weight excluding hydrogens is 260 g/mol. The average molecular weight is 282 g/mol. The zero-order valence-corrected chi connectivity index (χ0v) is 12.3. The monoisotopic (exact) mass is 282 g/mol.